The first-order valence-corrected chi connectivity index (χ1v) is 11.3. The molecule has 1 fully saturated rings. The molecular weight excluding hydrogens is 412 g/mol. The number of benzene rings is 3. The molecule has 0 N–H and O–H groups in total. The fourth-order valence-corrected chi connectivity index (χ4v) is 4.42. The smallest absolute Gasteiger partial charge is 0.346 e. The quantitative estimate of drug-likeness (QED) is 0.403. The van der Waals surface area contributed by atoms with Crippen molar-refractivity contribution < 1.29 is 9.53 Å². The van der Waals surface area contributed by atoms with E-state index in [1.54, 1.807) is 13.3 Å². The van der Waals surface area contributed by atoms with Crippen LogP contribution in [0.25, 0.3) is 22.4 Å². The number of aromatic nitrogens is 3. The van der Waals surface area contributed by atoms with Crippen LogP contribution >= 0.6 is 0 Å². The first-order valence-electron chi connectivity index (χ1n) is 11.3. The summed E-state index contributed by atoms with van der Waals surface area (Å²) in [6.07, 6.45) is 4.81. The van der Waals surface area contributed by atoms with Gasteiger partial charge in [-0.1, -0.05) is 71.9 Å². The second-order valence-corrected chi connectivity index (χ2v) is 8.25. The molecule has 166 valence electrons. The number of carbonyl (C=O) groups excluding carboxylic acids is 1. The van der Waals surface area contributed by atoms with E-state index in [-0.39, 0.29) is 12.1 Å². The average molecular weight is 439 g/mol. The topological polar surface area (TPSA) is 60.2 Å². The van der Waals surface area contributed by atoms with E-state index in [1.807, 2.05) is 71.6 Å². The van der Waals surface area contributed by atoms with Gasteiger partial charge in [-0.15, -0.1) is 5.10 Å². The van der Waals surface area contributed by atoms with Crippen LogP contribution in [0.15, 0.2) is 85.1 Å². The molecule has 1 amide bonds. The summed E-state index contributed by atoms with van der Waals surface area (Å²) >= 11 is 0. The van der Waals surface area contributed by atoms with Gasteiger partial charge in [0.2, 0.25) is 0 Å². The number of hydrogen-bond donors (Lipinski definition) is 0. The van der Waals surface area contributed by atoms with Crippen molar-refractivity contribution in [2.24, 2.45) is 0 Å². The minimum absolute atomic E-state index is 0.0730. The van der Waals surface area contributed by atoms with Crippen molar-refractivity contribution in [3.63, 3.8) is 0 Å². The zero-order valence-electron chi connectivity index (χ0n) is 18.6. The van der Waals surface area contributed by atoms with Crippen LogP contribution in [-0.4, -0.2) is 39.6 Å². The Balaban J connectivity index is 1.34. The van der Waals surface area contributed by atoms with Crippen LogP contribution in [-0.2, 0) is 0 Å². The van der Waals surface area contributed by atoms with Gasteiger partial charge in [-0.2, -0.15) is 4.68 Å². The predicted molar refractivity (Wildman–Crippen MR) is 128 cm³/mol. The first kappa shape index (κ1) is 20.9. The van der Waals surface area contributed by atoms with Crippen LogP contribution in [0.3, 0.4) is 0 Å². The molecule has 0 radical (unpaired) electrons. The number of ether oxygens (including phenoxy) is 1. The summed E-state index contributed by atoms with van der Waals surface area (Å²) in [6, 6.07) is 26.2. The lowest BCUT2D eigenvalue weighted by Crippen LogP contribution is -2.41. The molecule has 6 heteroatoms. The standard InChI is InChI=1S/C27H26N4O2/c1-33-24-16-14-21(15-17-24)20-10-12-22(13-11-20)25-19-31(29-28-25)27(32)30-18-6-5-9-26(30)23-7-3-2-4-8-23/h2-4,7-8,10-17,19,26H,5-6,9,18H2,1H3/t26-/m0/s1. The number of amides is 1. The molecule has 5 rings (SSSR count). The molecule has 0 aliphatic carbocycles. The van der Waals surface area contributed by atoms with Gasteiger partial charge in [0.1, 0.15) is 11.4 Å². The number of rotatable bonds is 4. The van der Waals surface area contributed by atoms with Crippen LogP contribution in [0.1, 0.15) is 30.9 Å². The highest BCUT2D eigenvalue weighted by Gasteiger charge is 2.29. The maximum atomic E-state index is 13.3. The first-order chi connectivity index (χ1) is 16.2. The third-order valence-electron chi connectivity index (χ3n) is 6.23. The summed E-state index contributed by atoms with van der Waals surface area (Å²) in [5, 5.41) is 8.43. The van der Waals surface area contributed by atoms with Crippen LogP contribution in [0.4, 0.5) is 4.79 Å². The van der Waals surface area contributed by atoms with Crippen LogP contribution < -0.4 is 4.74 Å². The van der Waals surface area contributed by atoms with Crippen molar-refractivity contribution in [2.75, 3.05) is 13.7 Å². The highest BCUT2D eigenvalue weighted by molar-refractivity contribution is 5.78. The van der Waals surface area contributed by atoms with E-state index in [9.17, 15) is 4.79 Å². The summed E-state index contributed by atoms with van der Waals surface area (Å²) in [7, 11) is 1.66. The maximum Gasteiger partial charge on any atom is 0.346 e. The van der Waals surface area contributed by atoms with Gasteiger partial charge in [0.25, 0.3) is 0 Å². The Kier molecular flexibility index (Phi) is 5.89. The summed E-state index contributed by atoms with van der Waals surface area (Å²) in [6.45, 7) is 0.726. The van der Waals surface area contributed by atoms with Crippen molar-refractivity contribution in [2.45, 2.75) is 25.3 Å². The van der Waals surface area contributed by atoms with Crippen molar-refractivity contribution in [3.05, 3.63) is 90.6 Å². The number of nitrogens with zero attached hydrogens (tertiary/aromatic N) is 4. The second-order valence-electron chi connectivity index (χ2n) is 8.25. The van der Waals surface area contributed by atoms with Gasteiger partial charge in [0.05, 0.1) is 19.3 Å². The molecule has 0 unspecified atom stereocenters. The number of methoxy groups -OCH3 is 1. The lowest BCUT2D eigenvalue weighted by molar-refractivity contribution is 0.149. The zero-order valence-corrected chi connectivity index (χ0v) is 18.6. The third-order valence-corrected chi connectivity index (χ3v) is 6.23. The maximum absolute atomic E-state index is 13.3. The molecule has 1 saturated heterocycles. The Morgan fingerprint density at radius 1 is 0.879 bits per heavy atom. The van der Waals surface area contributed by atoms with Gasteiger partial charge in [-0.05, 0) is 48.1 Å². The van der Waals surface area contributed by atoms with Crippen molar-refractivity contribution in [1.82, 2.24) is 19.9 Å². The molecule has 1 aliphatic rings. The van der Waals surface area contributed by atoms with E-state index in [0.717, 1.165) is 48.2 Å². The van der Waals surface area contributed by atoms with Gasteiger partial charge in [-0.3, -0.25) is 0 Å². The summed E-state index contributed by atoms with van der Waals surface area (Å²) < 4.78 is 6.60. The summed E-state index contributed by atoms with van der Waals surface area (Å²) in [5.41, 5.74) is 4.98. The highest BCUT2D eigenvalue weighted by atomic mass is 16.5. The molecule has 4 aromatic rings. The largest absolute Gasteiger partial charge is 0.497 e. The predicted octanol–water partition coefficient (Wildman–Crippen LogP) is 5.82. The van der Waals surface area contributed by atoms with Gasteiger partial charge >= 0.3 is 6.03 Å². The van der Waals surface area contributed by atoms with Gasteiger partial charge in [0, 0.05) is 12.1 Å². The lowest BCUT2D eigenvalue weighted by Gasteiger charge is -2.35. The Hall–Kier alpha value is -3.93. The minimum Gasteiger partial charge on any atom is -0.497 e. The monoisotopic (exact) mass is 438 g/mol. The van der Waals surface area contributed by atoms with Crippen molar-refractivity contribution >= 4 is 6.03 Å². The lowest BCUT2D eigenvalue weighted by atomic mass is 9.96. The van der Waals surface area contributed by atoms with E-state index in [0.29, 0.717) is 5.69 Å². The number of carbonyl (C=O) groups is 1. The average Bonchev–Trinajstić information content (AvgIpc) is 3.39. The molecule has 3 aromatic carbocycles. The third kappa shape index (κ3) is 4.37. The Bertz CT molecular complexity index is 1220. The molecule has 2 heterocycles. The second kappa shape index (κ2) is 9.28. The van der Waals surface area contributed by atoms with Gasteiger partial charge < -0.3 is 9.64 Å². The summed E-state index contributed by atoms with van der Waals surface area (Å²) in [4.78, 5) is 15.2. The molecule has 0 spiro atoms. The number of hydrogen-bond acceptors (Lipinski definition) is 4. The van der Waals surface area contributed by atoms with Crippen LogP contribution in [0, 0.1) is 0 Å². The Morgan fingerprint density at radius 3 is 2.24 bits per heavy atom. The Morgan fingerprint density at radius 2 is 1.55 bits per heavy atom. The summed E-state index contributed by atoms with van der Waals surface area (Å²) in [5.74, 6) is 0.833. The van der Waals surface area contributed by atoms with Crippen molar-refractivity contribution in [3.8, 4) is 28.1 Å². The van der Waals surface area contributed by atoms with E-state index in [2.05, 4.69) is 22.4 Å². The van der Waals surface area contributed by atoms with Crippen molar-refractivity contribution in [1.29, 1.82) is 0 Å². The number of piperidine rings is 1. The van der Waals surface area contributed by atoms with Gasteiger partial charge in [-0.25, -0.2) is 4.79 Å². The minimum atomic E-state index is -0.128. The highest BCUT2D eigenvalue weighted by Crippen LogP contribution is 2.31. The van der Waals surface area contributed by atoms with E-state index >= 15 is 0 Å². The zero-order chi connectivity index (χ0) is 22.6. The van der Waals surface area contributed by atoms with Crippen LogP contribution in [0.2, 0.25) is 0 Å². The number of likely N-dealkylation sites (tertiary alicyclic amines) is 1. The Labute approximate surface area is 193 Å². The molecule has 1 aromatic heterocycles. The molecule has 6 nitrogen and oxygen atoms in total. The van der Waals surface area contributed by atoms with E-state index in [4.69, 9.17) is 4.74 Å². The molecule has 1 atom stereocenters. The molecule has 1 aliphatic heterocycles. The van der Waals surface area contributed by atoms with Gasteiger partial charge in [0.15, 0.2) is 0 Å². The molecule has 0 bridgehead atoms. The van der Waals surface area contributed by atoms with E-state index in [1.165, 1.54) is 10.2 Å². The molecule has 33 heavy (non-hydrogen) atoms. The molecular formula is C27H26N4O2. The normalized spacial score (nSPS) is 15.9. The fraction of sp³-hybridized carbons (Fsp3) is 0.222. The molecule has 0 saturated carbocycles. The van der Waals surface area contributed by atoms with E-state index < -0.39 is 0 Å². The fourth-order valence-electron chi connectivity index (χ4n) is 4.42. The van der Waals surface area contributed by atoms with Crippen LogP contribution in [0.5, 0.6) is 5.75 Å². The SMILES string of the molecule is COc1ccc(-c2ccc(-c3cn(C(=O)N4CCCC[C@H]4c4ccccc4)nn3)cc2)cc1.